The lowest BCUT2D eigenvalue weighted by Crippen LogP contribution is -2.14. The molecule has 1 aromatic heterocycles. The highest BCUT2D eigenvalue weighted by Gasteiger charge is 2.26. The Morgan fingerprint density at radius 2 is 2.35 bits per heavy atom. The van der Waals surface area contributed by atoms with E-state index in [4.69, 9.17) is 0 Å². The number of aryl methyl sites for hydroxylation is 1. The van der Waals surface area contributed by atoms with E-state index in [1.165, 1.54) is 24.6 Å². The van der Waals surface area contributed by atoms with Crippen LogP contribution in [0.1, 0.15) is 24.4 Å². The van der Waals surface area contributed by atoms with Gasteiger partial charge in [-0.2, -0.15) is 0 Å². The van der Waals surface area contributed by atoms with Gasteiger partial charge in [0.1, 0.15) is 6.33 Å². The molecule has 1 aliphatic carbocycles. The molecule has 6 heteroatoms. The standard InChI is InChI=1S/C14H16N4OS/c1-10-3-2-4-11(7-10)16-13(19)8-20-14-17-15-9-18(14)12-5-6-12/h2-4,7,9,12H,5-6,8H2,1H3,(H,16,19). The second-order valence-electron chi connectivity index (χ2n) is 4.96. The average molecular weight is 288 g/mol. The van der Waals surface area contributed by atoms with Crippen LogP contribution in [0.15, 0.2) is 35.7 Å². The quantitative estimate of drug-likeness (QED) is 0.859. The van der Waals surface area contributed by atoms with Gasteiger partial charge in [0.05, 0.1) is 5.75 Å². The lowest BCUT2D eigenvalue weighted by Gasteiger charge is -2.06. The molecule has 1 saturated carbocycles. The molecule has 1 fully saturated rings. The molecule has 3 rings (SSSR count). The number of rotatable bonds is 5. The Bertz CT molecular complexity index is 621. The molecule has 1 aromatic carbocycles. The first kappa shape index (κ1) is 13.2. The lowest BCUT2D eigenvalue weighted by atomic mass is 10.2. The third-order valence-corrected chi connectivity index (χ3v) is 4.07. The molecule has 0 atom stereocenters. The van der Waals surface area contributed by atoms with Crippen molar-refractivity contribution in [3.8, 4) is 0 Å². The maximum atomic E-state index is 11.9. The maximum Gasteiger partial charge on any atom is 0.234 e. The van der Waals surface area contributed by atoms with Gasteiger partial charge >= 0.3 is 0 Å². The van der Waals surface area contributed by atoms with Crippen LogP contribution in [0, 0.1) is 6.92 Å². The van der Waals surface area contributed by atoms with Crippen molar-refractivity contribution >= 4 is 23.4 Å². The van der Waals surface area contributed by atoms with E-state index in [-0.39, 0.29) is 5.91 Å². The van der Waals surface area contributed by atoms with Crippen molar-refractivity contribution in [2.45, 2.75) is 31.0 Å². The Hall–Kier alpha value is -1.82. The molecule has 1 aliphatic rings. The summed E-state index contributed by atoms with van der Waals surface area (Å²) >= 11 is 1.43. The zero-order valence-electron chi connectivity index (χ0n) is 11.2. The van der Waals surface area contributed by atoms with Crippen LogP contribution in [-0.2, 0) is 4.79 Å². The summed E-state index contributed by atoms with van der Waals surface area (Å²) in [4.78, 5) is 11.9. The summed E-state index contributed by atoms with van der Waals surface area (Å²) in [6, 6.07) is 8.31. The Morgan fingerprint density at radius 3 is 3.10 bits per heavy atom. The fourth-order valence-corrected chi connectivity index (χ4v) is 2.77. The summed E-state index contributed by atoms with van der Waals surface area (Å²) < 4.78 is 2.06. The minimum absolute atomic E-state index is 0.0223. The summed E-state index contributed by atoms with van der Waals surface area (Å²) in [5.74, 6) is 0.324. The van der Waals surface area contributed by atoms with Gasteiger partial charge in [0.15, 0.2) is 5.16 Å². The van der Waals surface area contributed by atoms with Crippen LogP contribution in [0.25, 0.3) is 0 Å². The SMILES string of the molecule is Cc1cccc(NC(=O)CSc2nncn2C2CC2)c1. The van der Waals surface area contributed by atoms with E-state index < -0.39 is 0 Å². The van der Waals surface area contributed by atoms with Crippen molar-refractivity contribution in [2.24, 2.45) is 0 Å². The second kappa shape index (κ2) is 5.66. The van der Waals surface area contributed by atoms with Gasteiger partial charge in [0.25, 0.3) is 0 Å². The first-order valence-electron chi connectivity index (χ1n) is 6.61. The molecule has 0 unspecified atom stereocenters. The van der Waals surface area contributed by atoms with Crippen LogP contribution in [0.4, 0.5) is 5.69 Å². The molecule has 0 spiro atoms. The van der Waals surface area contributed by atoms with Crippen LogP contribution in [0.2, 0.25) is 0 Å². The fourth-order valence-electron chi connectivity index (χ4n) is 1.99. The number of aromatic nitrogens is 3. The lowest BCUT2D eigenvalue weighted by molar-refractivity contribution is -0.113. The number of nitrogens with one attached hydrogen (secondary N) is 1. The molecule has 104 valence electrons. The van der Waals surface area contributed by atoms with Gasteiger partial charge in [0, 0.05) is 11.7 Å². The molecule has 1 N–H and O–H groups in total. The molecule has 0 aliphatic heterocycles. The van der Waals surface area contributed by atoms with Crippen LogP contribution in [0.5, 0.6) is 0 Å². The predicted molar refractivity (Wildman–Crippen MR) is 78.8 cm³/mol. The molecular formula is C14H16N4OS. The van der Waals surface area contributed by atoms with Crippen molar-refractivity contribution in [1.29, 1.82) is 0 Å². The van der Waals surface area contributed by atoms with Gasteiger partial charge in [0.2, 0.25) is 5.91 Å². The molecule has 2 aromatic rings. The van der Waals surface area contributed by atoms with E-state index in [2.05, 4.69) is 20.1 Å². The fraction of sp³-hybridized carbons (Fsp3) is 0.357. The Kier molecular flexibility index (Phi) is 3.73. The minimum Gasteiger partial charge on any atom is -0.325 e. The van der Waals surface area contributed by atoms with Crippen LogP contribution < -0.4 is 5.32 Å². The number of benzene rings is 1. The molecule has 1 heterocycles. The van der Waals surface area contributed by atoms with Gasteiger partial charge in [-0.05, 0) is 37.5 Å². The van der Waals surface area contributed by atoms with E-state index in [1.54, 1.807) is 6.33 Å². The summed E-state index contributed by atoms with van der Waals surface area (Å²) in [5, 5.41) is 11.7. The normalized spacial score (nSPS) is 14.2. The highest BCUT2D eigenvalue weighted by atomic mass is 32.2. The van der Waals surface area contributed by atoms with E-state index in [1.807, 2.05) is 31.2 Å². The second-order valence-corrected chi connectivity index (χ2v) is 5.90. The minimum atomic E-state index is -0.0223. The smallest absolute Gasteiger partial charge is 0.234 e. The van der Waals surface area contributed by atoms with Gasteiger partial charge in [-0.25, -0.2) is 0 Å². The summed E-state index contributed by atoms with van der Waals surface area (Å²) in [6.45, 7) is 2.00. The third kappa shape index (κ3) is 3.19. The summed E-state index contributed by atoms with van der Waals surface area (Å²) in [7, 11) is 0. The number of anilines is 1. The monoisotopic (exact) mass is 288 g/mol. The highest BCUT2D eigenvalue weighted by Crippen LogP contribution is 2.37. The predicted octanol–water partition coefficient (Wildman–Crippen LogP) is 2.65. The molecule has 0 saturated heterocycles. The highest BCUT2D eigenvalue weighted by molar-refractivity contribution is 7.99. The van der Waals surface area contributed by atoms with Crippen molar-refractivity contribution in [3.05, 3.63) is 36.2 Å². The zero-order chi connectivity index (χ0) is 13.9. The van der Waals surface area contributed by atoms with Crippen LogP contribution in [0.3, 0.4) is 0 Å². The van der Waals surface area contributed by atoms with Gasteiger partial charge in [-0.3, -0.25) is 4.79 Å². The Morgan fingerprint density at radius 1 is 1.50 bits per heavy atom. The molecule has 5 nitrogen and oxygen atoms in total. The molecule has 20 heavy (non-hydrogen) atoms. The average Bonchev–Trinajstić information content (AvgIpc) is 3.15. The number of thioether (sulfide) groups is 1. The van der Waals surface area contributed by atoms with E-state index >= 15 is 0 Å². The number of nitrogens with zero attached hydrogens (tertiary/aromatic N) is 3. The van der Waals surface area contributed by atoms with Crippen molar-refractivity contribution in [2.75, 3.05) is 11.1 Å². The third-order valence-electron chi connectivity index (χ3n) is 3.11. The molecule has 0 radical (unpaired) electrons. The van der Waals surface area contributed by atoms with Gasteiger partial charge < -0.3 is 9.88 Å². The molecule has 0 bridgehead atoms. The number of carbonyl (C=O) groups excluding carboxylic acids is 1. The van der Waals surface area contributed by atoms with Crippen LogP contribution >= 0.6 is 11.8 Å². The van der Waals surface area contributed by atoms with E-state index in [9.17, 15) is 4.79 Å². The number of hydrogen-bond acceptors (Lipinski definition) is 4. The van der Waals surface area contributed by atoms with Crippen LogP contribution in [-0.4, -0.2) is 26.4 Å². The molecule has 1 amide bonds. The first-order valence-corrected chi connectivity index (χ1v) is 7.60. The Balaban J connectivity index is 1.55. The van der Waals surface area contributed by atoms with Crippen molar-refractivity contribution < 1.29 is 4.79 Å². The largest absolute Gasteiger partial charge is 0.325 e. The van der Waals surface area contributed by atoms with E-state index in [0.29, 0.717) is 11.8 Å². The number of amides is 1. The van der Waals surface area contributed by atoms with Crippen molar-refractivity contribution in [3.63, 3.8) is 0 Å². The first-order chi connectivity index (χ1) is 9.72. The van der Waals surface area contributed by atoms with Gasteiger partial charge in [-0.15, -0.1) is 10.2 Å². The van der Waals surface area contributed by atoms with E-state index in [0.717, 1.165) is 16.4 Å². The summed E-state index contributed by atoms with van der Waals surface area (Å²) in [5.41, 5.74) is 1.96. The summed E-state index contributed by atoms with van der Waals surface area (Å²) in [6.07, 6.45) is 4.11. The zero-order valence-corrected chi connectivity index (χ0v) is 12.1. The van der Waals surface area contributed by atoms with Gasteiger partial charge in [-0.1, -0.05) is 23.9 Å². The maximum absolute atomic E-state index is 11.9. The number of carbonyl (C=O) groups is 1. The number of hydrogen-bond donors (Lipinski definition) is 1. The van der Waals surface area contributed by atoms with Crippen molar-refractivity contribution in [1.82, 2.24) is 14.8 Å². The Labute approximate surface area is 121 Å². The topological polar surface area (TPSA) is 59.8 Å². The molecular weight excluding hydrogens is 272 g/mol.